The molecule has 0 saturated heterocycles. The maximum Gasteiger partial charge on any atom is 0.229 e. The Labute approximate surface area is 158 Å². The standard InChI is InChI=1S/C20H24FN5O/c1-12-10-16(22-2)26-20(24-12)25-15-11-14-6-9-27-19(14)17(18(15)21)13-4-3-7-23-8-5-13/h5,10-11,23H,3-4,6-9H2,1-2H3,(H2,22,24,25,26). The molecule has 142 valence electrons. The number of fused-ring (bicyclic) bond motifs is 1. The molecule has 3 N–H and O–H groups in total. The van der Waals surface area contributed by atoms with Gasteiger partial charge in [-0.2, -0.15) is 4.98 Å². The van der Waals surface area contributed by atoms with Crippen LogP contribution in [-0.4, -0.2) is 36.7 Å². The number of allylic oxidation sites excluding steroid dienone is 1. The van der Waals surface area contributed by atoms with Crippen molar-refractivity contribution in [1.82, 2.24) is 15.3 Å². The SMILES string of the molecule is CNc1cc(C)nc(Nc2cc3c(c(C4=CCNCCC4)c2F)OCC3)n1. The Balaban J connectivity index is 1.77. The molecule has 1 aromatic carbocycles. The smallest absolute Gasteiger partial charge is 0.229 e. The summed E-state index contributed by atoms with van der Waals surface area (Å²) in [5.74, 6) is 1.44. The van der Waals surface area contributed by atoms with Crippen LogP contribution in [0.2, 0.25) is 0 Å². The van der Waals surface area contributed by atoms with Gasteiger partial charge >= 0.3 is 0 Å². The fourth-order valence-electron chi connectivity index (χ4n) is 3.59. The van der Waals surface area contributed by atoms with Gasteiger partial charge in [0.05, 0.1) is 17.9 Å². The third kappa shape index (κ3) is 3.60. The van der Waals surface area contributed by atoms with Crippen LogP contribution in [0.25, 0.3) is 5.57 Å². The van der Waals surface area contributed by atoms with Gasteiger partial charge in [-0.1, -0.05) is 6.08 Å². The van der Waals surface area contributed by atoms with Crippen molar-refractivity contribution in [3.05, 3.63) is 40.8 Å². The number of ether oxygens (including phenoxy) is 1. The fraction of sp³-hybridized carbons (Fsp3) is 0.400. The van der Waals surface area contributed by atoms with Crippen molar-refractivity contribution in [3.8, 4) is 5.75 Å². The topological polar surface area (TPSA) is 71.1 Å². The second-order valence-electron chi connectivity index (χ2n) is 6.83. The lowest BCUT2D eigenvalue weighted by molar-refractivity contribution is 0.354. The molecule has 7 heteroatoms. The summed E-state index contributed by atoms with van der Waals surface area (Å²) in [5, 5.41) is 9.40. The second kappa shape index (κ2) is 7.52. The molecule has 2 aromatic rings. The number of aryl methyl sites for hydroxylation is 1. The molecule has 2 aliphatic rings. The minimum atomic E-state index is -0.306. The van der Waals surface area contributed by atoms with Crippen molar-refractivity contribution in [2.75, 3.05) is 37.4 Å². The van der Waals surface area contributed by atoms with Crippen molar-refractivity contribution in [2.45, 2.75) is 26.2 Å². The molecule has 4 rings (SSSR count). The van der Waals surface area contributed by atoms with Gasteiger partial charge < -0.3 is 20.7 Å². The monoisotopic (exact) mass is 369 g/mol. The number of hydrogen-bond acceptors (Lipinski definition) is 6. The normalized spacial score (nSPS) is 16.2. The molecule has 0 radical (unpaired) electrons. The van der Waals surface area contributed by atoms with E-state index in [9.17, 15) is 0 Å². The van der Waals surface area contributed by atoms with Crippen LogP contribution in [0.5, 0.6) is 5.75 Å². The Morgan fingerprint density at radius 2 is 2.11 bits per heavy atom. The first-order valence-corrected chi connectivity index (χ1v) is 9.34. The van der Waals surface area contributed by atoms with E-state index in [4.69, 9.17) is 4.74 Å². The number of anilines is 3. The predicted molar refractivity (Wildman–Crippen MR) is 105 cm³/mol. The first-order valence-electron chi connectivity index (χ1n) is 9.34. The van der Waals surface area contributed by atoms with Crippen LogP contribution in [0.1, 0.15) is 29.7 Å². The van der Waals surface area contributed by atoms with Gasteiger partial charge in [-0.05, 0) is 37.9 Å². The lowest BCUT2D eigenvalue weighted by atomic mass is 9.96. The van der Waals surface area contributed by atoms with E-state index >= 15 is 4.39 Å². The highest BCUT2D eigenvalue weighted by molar-refractivity contribution is 5.78. The van der Waals surface area contributed by atoms with Crippen molar-refractivity contribution in [2.24, 2.45) is 0 Å². The Hall–Kier alpha value is -2.67. The number of hydrogen-bond donors (Lipinski definition) is 3. The minimum Gasteiger partial charge on any atom is -0.492 e. The molecule has 2 aliphatic heterocycles. The van der Waals surface area contributed by atoms with Crippen molar-refractivity contribution >= 4 is 23.0 Å². The molecule has 0 spiro atoms. The number of aromatic nitrogens is 2. The van der Waals surface area contributed by atoms with Crippen molar-refractivity contribution in [3.63, 3.8) is 0 Å². The van der Waals surface area contributed by atoms with E-state index in [0.29, 0.717) is 35.4 Å². The Morgan fingerprint density at radius 1 is 1.22 bits per heavy atom. The molecule has 0 aliphatic carbocycles. The van der Waals surface area contributed by atoms with E-state index in [1.807, 2.05) is 19.1 Å². The summed E-state index contributed by atoms with van der Waals surface area (Å²) in [6, 6.07) is 3.66. The van der Waals surface area contributed by atoms with Gasteiger partial charge in [-0.15, -0.1) is 0 Å². The van der Waals surface area contributed by atoms with Gasteiger partial charge in [0.2, 0.25) is 5.95 Å². The van der Waals surface area contributed by atoms with E-state index in [-0.39, 0.29) is 5.82 Å². The highest BCUT2D eigenvalue weighted by atomic mass is 19.1. The number of nitrogens with one attached hydrogen (secondary N) is 3. The summed E-state index contributed by atoms with van der Waals surface area (Å²) in [7, 11) is 1.80. The van der Waals surface area contributed by atoms with Crippen LogP contribution in [0.4, 0.5) is 21.8 Å². The predicted octanol–water partition coefficient (Wildman–Crippen LogP) is 3.41. The molecule has 6 nitrogen and oxygen atoms in total. The van der Waals surface area contributed by atoms with Gasteiger partial charge in [0.15, 0.2) is 5.82 Å². The third-order valence-corrected chi connectivity index (χ3v) is 4.88. The van der Waals surface area contributed by atoms with Gasteiger partial charge in [0, 0.05) is 37.3 Å². The largest absolute Gasteiger partial charge is 0.492 e. The molecule has 3 heterocycles. The Kier molecular flexibility index (Phi) is 4.94. The number of benzene rings is 1. The molecule has 0 bridgehead atoms. The van der Waals surface area contributed by atoms with Crippen LogP contribution < -0.4 is 20.7 Å². The number of nitrogens with zero attached hydrogens (tertiary/aromatic N) is 2. The summed E-state index contributed by atoms with van der Waals surface area (Å²) >= 11 is 0. The van der Waals surface area contributed by atoms with Crippen LogP contribution in [0.15, 0.2) is 18.2 Å². The molecule has 0 amide bonds. The van der Waals surface area contributed by atoms with E-state index < -0.39 is 0 Å². The molecule has 1 aromatic heterocycles. The second-order valence-corrected chi connectivity index (χ2v) is 6.83. The first-order chi connectivity index (χ1) is 13.2. The molecule has 0 atom stereocenters. The van der Waals surface area contributed by atoms with Crippen LogP contribution >= 0.6 is 0 Å². The Bertz CT molecular complexity index is 896. The zero-order chi connectivity index (χ0) is 18.8. The first kappa shape index (κ1) is 17.7. The zero-order valence-corrected chi connectivity index (χ0v) is 15.7. The van der Waals surface area contributed by atoms with E-state index in [1.54, 1.807) is 7.05 Å². The lowest BCUT2D eigenvalue weighted by Gasteiger charge is -2.16. The molecule has 0 fully saturated rings. The maximum atomic E-state index is 15.5. The van der Waals surface area contributed by atoms with E-state index in [0.717, 1.165) is 49.2 Å². The average molecular weight is 369 g/mol. The maximum absolute atomic E-state index is 15.5. The summed E-state index contributed by atoms with van der Waals surface area (Å²) < 4.78 is 21.3. The van der Waals surface area contributed by atoms with Crippen molar-refractivity contribution in [1.29, 1.82) is 0 Å². The average Bonchev–Trinajstić information content (AvgIpc) is 2.95. The quantitative estimate of drug-likeness (QED) is 0.767. The minimum absolute atomic E-state index is 0.306. The van der Waals surface area contributed by atoms with Gasteiger partial charge in [-0.25, -0.2) is 9.37 Å². The molecular formula is C20H24FN5O. The molecule has 0 unspecified atom stereocenters. The lowest BCUT2D eigenvalue weighted by Crippen LogP contribution is -2.12. The van der Waals surface area contributed by atoms with Crippen LogP contribution in [-0.2, 0) is 6.42 Å². The summed E-state index contributed by atoms with van der Waals surface area (Å²) in [5.41, 5.74) is 3.80. The highest BCUT2D eigenvalue weighted by Crippen LogP contribution is 2.41. The highest BCUT2D eigenvalue weighted by Gasteiger charge is 2.26. The molecule has 27 heavy (non-hydrogen) atoms. The Morgan fingerprint density at radius 3 is 2.96 bits per heavy atom. The zero-order valence-electron chi connectivity index (χ0n) is 15.7. The van der Waals surface area contributed by atoms with E-state index in [1.165, 1.54) is 0 Å². The van der Waals surface area contributed by atoms with E-state index in [2.05, 4.69) is 32.0 Å². The summed E-state index contributed by atoms with van der Waals surface area (Å²) in [6.45, 7) is 4.15. The fourth-order valence-corrected chi connectivity index (χ4v) is 3.59. The number of rotatable bonds is 4. The van der Waals surface area contributed by atoms with Gasteiger partial charge in [0.1, 0.15) is 11.6 Å². The van der Waals surface area contributed by atoms with Crippen LogP contribution in [0.3, 0.4) is 0 Å². The third-order valence-electron chi connectivity index (χ3n) is 4.88. The summed E-state index contributed by atoms with van der Waals surface area (Å²) in [6.07, 6.45) is 4.65. The van der Waals surface area contributed by atoms with Crippen LogP contribution in [0, 0.1) is 12.7 Å². The van der Waals surface area contributed by atoms with Gasteiger partial charge in [-0.3, -0.25) is 0 Å². The van der Waals surface area contributed by atoms with Crippen molar-refractivity contribution < 1.29 is 9.13 Å². The van der Waals surface area contributed by atoms with Gasteiger partial charge in [0.25, 0.3) is 0 Å². The molecule has 0 saturated carbocycles. The number of halogens is 1. The molecular weight excluding hydrogens is 345 g/mol. The summed E-state index contributed by atoms with van der Waals surface area (Å²) in [4.78, 5) is 8.77.